The molecule has 1 saturated heterocycles. The van der Waals surface area contributed by atoms with Crippen molar-refractivity contribution in [2.24, 2.45) is 17.6 Å². The average molecular weight is 285 g/mol. The van der Waals surface area contributed by atoms with Crippen LogP contribution in [-0.4, -0.2) is 46.5 Å². The third kappa shape index (κ3) is 4.11. The van der Waals surface area contributed by atoms with Gasteiger partial charge in [0.15, 0.2) is 0 Å². The summed E-state index contributed by atoms with van der Waals surface area (Å²) in [6, 6.07) is -1.70. The molecule has 0 radical (unpaired) electrons. The van der Waals surface area contributed by atoms with Crippen molar-refractivity contribution in [1.29, 1.82) is 0 Å². The lowest BCUT2D eigenvalue weighted by molar-refractivity contribution is -0.141. The number of carbonyl (C=O) groups excluding carboxylic acids is 2. The van der Waals surface area contributed by atoms with Gasteiger partial charge in [0.25, 0.3) is 0 Å². The molecule has 4 atom stereocenters. The first-order chi connectivity index (χ1) is 9.22. The van der Waals surface area contributed by atoms with E-state index in [-0.39, 0.29) is 6.04 Å². The van der Waals surface area contributed by atoms with Crippen molar-refractivity contribution in [3.05, 3.63) is 0 Å². The van der Waals surface area contributed by atoms with Crippen LogP contribution in [0.1, 0.15) is 33.6 Å². The Hall–Kier alpha value is -1.79. The van der Waals surface area contributed by atoms with Crippen molar-refractivity contribution < 1.29 is 19.5 Å². The second kappa shape index (κ2) is 6.58. The normalized spacial score (nSPS) is 27.8. The van der Waals surface area contributed by atoms with Gasteiger partial charge in [0.1, 0.15) is 6.04 Å². The van der Waals surface area contributed by atoms with Gasteiger partial charge in [0, 0.05) is 12.6 Å². The largest absolute Gasteiger partial charge is 0.480 e. The van der Waals surface area contributed by atoms with Crippen LogP contribution in [0.3, 0.4) is 0 Å². The molecule has 1 heterocycles. The van der Waals surface area contributed by atoms with Crippen molar-refractivity contribution in [3.8, 4) is 0 Å². The number of carboxylic acids is 1. The van der Waals surface area contributed by atoms with E-state index in [1.165, 1.54) is 0 Å². The van der Waals surface area contributed by atoms with Crippen LogP contribution in [0.25, 0.3) is 0 Å². The summed E-state index contributed by atoms with van der Waals surface area (Å²) in [4.78, 5) is 35.7. The molecule has 1 aliphatic heterocycles. The molecule has 20 heavy (non-hydrogen) atoms. The van der Waals surface area contributed by atoms with Gasteiger partial charge in [-0.1, -0.05) is 13.8 Å². The minimum atomic E-state index is -1.28. The lowest BCUT2D eigenvalue weighted by Gasteiger charge is -2.41. The van der Waals surface area contributed by atoms with Gasteiger partial charge in [0.2, 0.25) is 5.91 Å². The van der Waals surface area contributed by atoms with E-state index in [0.29, 0.717) is 18.4 Å². The van der Waals surface area contributed by atoms with Crippen LogP contribution < -0.4 is 11.1 Å². The summed E-state index contributed by atoms with van der Waals surface area (Å²) in [5.74, 6) is -1.30. The zero-order valence-electron chi connectivity index (χ0n) is 12.1. The molecule has 4 unspecified atom stereocenters. The fourth-order valence-electron chi connectivity index (χ4n) is 2.62. The highest BCUT2D eigenvalue weighted by Crippen LogP contribution is 2.26. The molecule has 7 heteroatoms. The van der Waals surface area contributed by atoms with Crippen molar-refractivity contribution in [3.63, 3.8) is 0 Å². The number of hydrogen-bond acceptors (Lipinski definition) is 3. The van der Waals surface area contributed by atoms with E-state index >= 15 is 0 Å². The summed E-state index contributed by atoms with van der Waals surface area (Å²) in [6.45, 7) is 6.65. The summed E-state index contributed by atoms with van der Waals surface area (Å²) in [5, 5.41) is 11.4. The van der Waals surface area contributed by atoms with E-state index < -0.39 is 30.4 Å². The molecule has 1 aliphatic rings. The third-order valence-corrected chi connectivity index (χ3v) is 3.86. The first-order valence-electron chi connectivity index (χ1n) is 6.80. The molecule has 0 aromatic carbocycles. The summed E-state index contributed by atoms with van der Waals surface area (Å²) < 4.78 is 0. The van der Waals surface area contributed by atoms with Crippen LogP contribution in [0.15, 0.2) is 0 Å². The second-order valence-corrected chi connectivity index (χ2v) is 5.72. The molecule has 4 N–H and O–H groups in total. The van der Waals surface area contributed by atoms with E-state index in [0.717, 1.165) is 6.42 Å². The Labute approximate surface area is 118 Å². The number of nitrogens with two attached hydrogens (primary N) is 1. The lowest BCUT2D eigenvalue weighted by atomic mass is 9.86. The Morgan fingerprint density at radius 1 is 1.35 bits per heavy atom. The number of piperidine rings is 1. The summed E-state index contributed by atoms with van der Waals surface area (Å²) in [5.41, 5.74) is 4.99. The third-order valence-electron chi connectivity index (χ3n) is 3.86. The molecule has 0 aliphatic carbocycles. The van der Waals surface area contributed by atoms with Crippen molar-refractivity contribution in [1.82, 2.24) is 10.2 Å². The molecule has 3 amide bonds. The van der Waals surface area contributed by atoms with Gasteiger partial charge < -0.3 is 21.1 Å². The van der Waals surface area contributed by atoms with Gasteiger partial charge >= 0.3 is 12.0 Å². The molecule has 7 nitrogen and oxygen atoms in total. The SMILES string of the molecule is CC1CC(C)C(C)N(C(=O)NC(CC(N)=O)C(=O)O)C1. The number of likely N-dealkylation sites (tertiary alicyclic amines) is 1. The van der Waals surface area contributed by atoms with Gasteiger partial charge in [0.05, 0.1) is 6.42 Å². The Bertz CT molecular complexity index is 399. The van der Waals surface area contributed by atoms with Crippen molar-refractivity contribution >= 4 is 17.9 Å². The van der Waals surface area contributed by atoms with Crippen molar-refractivity contribution in [2.75, 3.05) is 6.54 Å². The maximum Gasteiger partial charge on any atom is 0.326 e. The summed E-state index contributed by atoms with van der Waals surface area (Å²) in [7, 11) is 0. The number of carbonyl (C=O) groups is 3. The van der Waals surface area contributed by atoms with E-state index in [4.69, 9.17) is 10.8 Å². The zero-order valence-corrected chi connectivity index (χ0v) is 12.1. The quantitative estimate of drug-likeness (QED) is 0.693. The van der Waals surface area contributed by atoms with E-state index in [9.17, 15) is 14.4 Å². The van der Waals surface area contributed by atoms with Gasteiger partial charge in [-0.3, -0.25) is 4.79 Å². The highest BCUT2D eigenvalue weighted by atomic mass is 16.4. The highest BCUT2D eigenvalue weighted by molar-refractivity contribution is 5.87. The number of aliphatic carboxylic acids is 1. The molecule has 0 aromatic rings. The smallest absolute Gasteiger partial charge is 0.326 e. The highest BCUT2D eigenvalue weighted by Gasteiger charge is 2.33. The van der Waals surface area contributed by atoms with Gasteiger partial charge in [-0.25, -0.2) is 9.59 Å². The summed E-state index contributed by atoms with van der Waals surface area (Å²) in [6.07, 6.45) is 0.628. The lowest BCUT2D eigenvalue weighted by Crippen LogP contribution is -2.56. The van der Waals surface area contributed by atoms with Gasteiger partial charge in [-0.2, -0.15) is 0 Å². The zero-order chi connectivity index (χ0) is 15.4. The minimum absolute atomic E-state index is 0.0363. The maximum absolute atomic E-state index is 12.2. The van der Waals surface area contributed by atoms with Crippen molar-refractivity contribution in [2.45, 2.75) is 45.7 Å². The number of hydrogen-bond donors (Lipinski definition) is 3. The molecule has 0 bridgehead atoms. The van der Waals surface area contributed by atoms with E-state index in [2.05, 4.69) is 19.2 Å². The number of carboxylic acid groups (broad SMARTS) is 1. The number of nitrogens with zero attached hydrogens (tertiary/aromatic N) is 1. The topological polar surface area (TPSA) is 113 Å². The summed E-state index contributed by atoms with van der Waals surface area (Å²) >= 11 is 0. The first kappa shape index (κ1) is 16.3. The Kier molecular flexibility index (Phi) is 5.35. The maximum atomic E-state index is 12.2. The molecule has 114 valence electrons. The second-order valence-electron chi connectivity index (χ2n) is 5.72. The fraction of sp³-hybridized carbons (Fsp3) is 0.769. The fourth-order valence-corrected chi connectivity index (χ4v) is 2.62. The number of primary amides is 1. The van der Waals surface area contributed by atoms with Crippen LogP contribution in [0.4, 0.5) is 4.79 Å². The number of nitrogens with one attached hydrogen (secondary N) is 1. The molecule has 0 saturated carbocycles. The molecular weight excluding hydrogens is 262 g/mol. The Morgan fingerprint density at radius 2 is 1.95 bits per heavy atom. The number of amides is 3. The molecule has 0 spiro atoms. The minimum Gasteiger partial charge on any atom is -0.480 e. The predicted molar refractivity (Wildman–Crippen MR) is 72.9 cm³/mol. The van der Waals surface area contributed by atoms with Crippen LogP contribution in [-0.2, 0) is 9.59 Å². The van der Waals surface area contributed by atoms with Crippen LogP contribution in [0, 0.1) is 11.8 Å². The Morgan fingerprint density at radius 3 is 2.45 bits per heavy atom. The predicted octanol–water partition coefficient (Wildman–Crippen LogP) is 0.391. The molecule has 0 aromatic heterocycles. The van der Waals surface area contributed by atoms with Crippen LogP contribution >= 0.6 is 0 Å². The standard InChI is InChI=1S/C13H23N3O4/c1-7-4-8(2)9(3)16(6-7)13(20)15-10(12(18)19)5-11(14)17/h7-10H,4-6H2,1-3H3,(H2,14,17)(H,15,20)(H,18,19). The van der Waals surface area contributed by atoms with E-state index in [1.807, 2.05) is 6.92 Å². The van der Waals surface area contributed by atoms with Crippen LogP contribution in [0.2, 0.25) is 0 Å². The first-order valence-corrected chi connectivity index (χ1v) is 6.80. The van der Waals surface area contributed by atoms with Gasteiger partial charge in [-0.05, 0) is 25.2 Å². The molecular formula is C13H23N3O4. The number of rotatable bonds is 4. The van der Waals surface area contributed by atoms with E-state index in [1.54, 1.807) is 4.90 Å². The van der Waals surface area contributed by atoms with Gasteiger partial charge in [-0.15, -0.1) is 0 Å². The van der Waals surface area contributed by atoms with Crippen LogP contribution in [0.5, 0.6) is 0 Å². The Balaban J connectivity index is 2.72. The monoisotopic (exact) mass is 285 g/mol. The molecule has 1 rings (SSSR count). The number of urea groups is 1. The molecule has 1 fully saturated rings. The average Bonchev–Trinajstić information content (AvgIpc) is 2.32.